The Hall–Kier alpha value is -2.08. The predicted octanol–water partition coefficient (Wildman–Crippen LogP) is 7.45. The summed E-state index contributed by atoms with van der Waals surface area (Å²) in [4.78, 5) is 0. The summed E-state index contributed by atoms with van der Waals surface area (Å²) in [5.74, 6) is 0.912. The van der Waals surface area contributed by atoms with Crippen molar-refractivity contribution in [1.29, 1.82) is 0 Å². The van der Waals surface area contributed by atoms with Crippen molar-refractivity contribution in [3.05, 3.63) is 95.1 Å². The number of rotatable bonds is 8. The molecule has 0 radical (unpaired) electrons. The number of hydrogen-bond donors (Lipinski definition) is 0. The van der Waals surface area contributed by atoms with Crippen molar-refractivity contribution >= 4 is 0 Å². The lowest BCUT2D eigenvalue weighted by Gasteiger charge is -2.20. The van der Waals surface area contributed by atoms with E-state index in [0.29, 0.717) is 11.8 Å². The molecular formula is C26H34. The Labute approximate surface area is 160 Å². The topological polar surface area (TPSA) is 0 Å². The first kappa shape index (κ1) is 20.2. The molecule has 1 aromatic rings. The van der Waals surface area contributed by atoms with Gasteiger partial charge >= 0.3 is 0 Å². The van der Waals surface area contributed by atoms with Gasteiger partial charge in [-0.05, 0) is 80.2 Å². The van der Waals surface area contributed by atoms with Crippen LogP contribution in [0.4, 0.5) is 0 Å². The third kappa shape index (κ3) is 4.75. The first-order valence-corrected chi connectivity index (χ1v) is 9.79. The highest BCUT2D eigenvalue weighted by molar-refractivity contribution is 5.48. The summed E-state index contributed by atoms with van der Waals surface area (Å²) in [5, 5.41) is 0. The molecule has 0 fully saturated rings. The lowest BCUT2D eigenvalue weighted by molar-refractivity contribution is 0.656. The van der Waals surface area contributed by atoms with Crippen molar-refractivity contribution < 1.29 is 0 Å². The molecule has 0 heteroatoms. The van der Waals surface area contributed by atoms with E-state index < -0.39 is 0 Å². The van der Waals surface area contributed by atoms with Gasteiger partial charge in [0.15, 0.2) is 0 Å². The van der Waals surface area contributed by atoms with Crippen molar-refractivity contribution in [2.75, 3.05) is 0 Å². The molecule has 1 aliphatic rings. The van der Waals surface area contributed by atoms with Gasteiger partial charge in [0.05, 0.1) is 0 Å². The first-order valence-electron chi connectivity index (χ1n) is 9.79. The molecule has 2 unspecified atom stereocenters. The van der Waals surface area contributed by atoms with E-state index >= 15 is 0 Å². The molecule has 0 nitrogen and oxygen atoms in total. The molecule has 1 aliphatic carbocycles. The van der Waals surface area contributed by atoms with Crippen LogP contribution in [0.1, 0.15) is 49.8 Å². The summed E-state index contributed by atoms with van der Waals surface area (Å²) >= 11 is 0. The predicted molar refractivity (Wildman–Crippen MR) is 116 cm³/mol. The lowest BCUT2D eigenvalue weighted by atomic mass is 9.84. The minimum Gasteiger partial charge on any atom is -0.0998 e. The van der Waals surface area contributed by atoms with Crippen LogP contribution in [0.3, 0.4) is 0 Å². The van der Waals surface area contributed by atoms with Gasteiger partial charge in [0.1, 0.15) is 0 Å². The zero-order chi connectivity index (χ0) is 19.3. The average molecular weight is 347 g/mol. The van der Waals surface area contributed by atoms with E-state index in [9.17, 15) is 0 Å². The molecule has 0 bridgehead atoms. The van der Waals surface area contributed by atoms with Gasteiger partial charge in [-0.25, -0.2) is 0 Å². The normalized spacial score (nSPS) is 20.9. The second-order valence-electron chi connectivity index (χ2n) is 7.71. The molecule has 0 saturated heterocycles. The van der Waals surface area contributed by atoms with Crippen molar-refractivity contribution in [3.63, 3.8) is 0 Å². The van der Waals surface area contributed by atoms with Crippen molar-refractivity contribution in [2.24, 2.45) is 11.8 Å². The van der Waals surface area contributed by atoms with Crippen LogP contribution in [0.2, 0.25) is 0 Å². The van der Waals surface area contributed by atoms with Crippen LogP contribution in [-0.2, 0) is 6.42 Å². The molecule has 0 aliphatic heterocycles. The van der Waals surface area contributed by atoms with Gasteiger partial charge in [0.25, 0.3) is 0 Å². The van der Waals surface area contributed by atoms with Crippen molar-refractivity contribution in [2.45, 2.75) is 53.4 Å². The number of hydrogen-bond acceptors (Lipinski definition) is 0. The smallest absolute Gasteiger partial charge is 0.00936 e. The van der Waals surface area contributed by atoms with E-state index in [1.54, 1.807) is 0 Å². The van der Waals surface area contributed by atoms with Crippen LogP contribution >= 0.6 is 0 Å². The highest BCUT2D eigenvalue weighted by Crippen LogP contribution is 2.42. The van der Waals surface area contributed by atoms with E-state index in [4.69, 9.17) is 0 Å². The SMILES string of the molecule is C=CC(=C)C1=CC(C)/C(=C\C)C1CC(=C)CCCc1ccc(C)c(C)c1. The minimum atomic E-state index is 0.426. The van der Waals surface area contributed by atoms with Gasteiger partial charge in [-0.2, -0.15) is 0 Å². The third-order valence-electron chi connectivity index (χ3n) is 5.74. The van der Waals surface area contributed by atoms with E-state index in [1.165, 1.54) is 33.4 Å². The molecular weight excluding hydrogens is 312 g/mol. The molecule has 138 valence electrons. The Kier molecular flexibility index (Phi) is 7.03. The first-order chi connectivity index (χ1) is 12.4. The van der Waals surface area contributed by atoms with Gasteiger partial charge < -0.3 is 0 Å². The molecule has 26 heavy (non-hydrogen) atoms. The minimum absolute atomic E-state index is 0.426. The second kappa shape index (κ2) is 9.03. The fraction of sp³-hybridized carbons (Fsp3) is 0.385. The van der Waals surface area contributed by atoms with E-state index in [-0.39, 0.29) is 0 Å². The second-order valence-corrected chi connectivity index (χ2v) is 7.71. The van der Waals surface area contributed by atoms with Crippen LogP contribution in [0.5, 0.6) is 0 Å². The fourth-order valence-corrected chi connectivity index (χ4v) is 4.01. The molecule has 1 aromatic carbocycles. The third-order valence-corrected chi connectivity index (χ3v) is 5.74. The molecule has 2 atom stereocenters. The van der Waals surface area contributed by atoms with Crippen LogP contribution in [0.25, 0.3) is 0 Å². The van der Waals surface area contributed by atoms with Gasteiger partial charge in [-0.3, -0.25) is 0 Å². The molecule has 0 aromatic heterocycles. The number of aryl methyl sites for hydroxylation is 3. The molecule has 0 spiro atoms. The summed E-state index contributed by atoms with van der Waals surface area (Å²) in [6.45, 7) is 21.3. The molecule has 0 amide bonds. The summed E-state index contributed by atoms with van der Waals surface area (Å²) in [7, 11) is 0. The summed E-state index contributed by atoms with van der Waals surface area (Å²) in [6, 6.07) is 6.82. The number of benzene rings is 1. The molecule has 0 saturated carbocycles. The zero-order valence-electron chi connectivity index (χ0n) is 17.1. The van der Waals surface area contributed by atoms with Crippen LogP contribution in [-0.4, -0.2) is 0 Å². The number of allylic oxidation sites excluding steroid dienone is 7. The molecule has 0 N–H and O–H groups in total. The summed E-state index contributed by atoms with van der Waals surface area (Å²) < 4.78 is 0. The van der Waals surface area contributed by atoms with Gasteiger partial charge in [-0.15, -0.1) is 0 Å². The van der Waals surface area contributed by atoms with Crippen LogP contribution < -0.4 is 0 Å². The molecule has 0 heterocycles. The Bertz CT molecular complexity index is 754. The zero-order valence-corrected chi connectivity index (χ0v) is 17.1. The maximum absolute atomic E-state index is 4.38. The van der Waals surface area contributed by atoms with E-state index in [1.807, 2.05) is 6.08 Å². The standard InChI is InChI=1S/C26H34/c1-8-19(4)25-17-22(7)24(9-2)26(25)15-18(3)11-10-12-23-14-13-20(5)21(6)16-23/h8-9,13-14,16-17,22,26H,1,3-4,10-12,15H2,2,5-7H3/b24-9+. The van der Waals surface area contributed by atoms with E-state index in [2.05, 4.69) is 77.8 Å². The Balaban J connectivity index is 1.95. The highest BCUT2D eigenvalue weighted by Gasteiger charge is 2.29. The van der Waals surface area contributed by atoms with Crippen molar-refractivity contribution in [3.8, 4) is 0 Å². The van der Waals surface area contributed by atoms with Gasteiger partial charge in [0.2, 0.25) is 0 Å². The monoisotopic (exact) mass is 346 g/mol. The summed E-state index contributed by atoms with van der Waals surface area (Å²) in [6.07, 6.45) is 10.9. The Morgan fingerprint density at radius 2 is 1.88 bits per heavy atom. The maximum Gasteiger partial charge on any atom is 0.00936 e. The average Bonchev–Trinajstić information content (AvgIpc) is 2.92. The fourth-order valence-electron chi connectivity index (χ4n) is 4.01. The van der Waals surface area contributed by atoms with Gasteiger partial charge in [-0.1, -0.05) is 74.2 Å². The van der Waals surface area contributed by atoms with E-state index in [0.717, 1.165) is 31.3 Å². The highest BCUT2D eigenvalue weighted by atomic mass is 14.3. The molecule has 2 rings (SSSR count). The Morgan fingerprint density at radius 3 is 2.50 bits per heavy atom. The van der Waals surface area contributed by atoms with Gasteiger partial charge in [0, 0.05) is 5.92 Å². The van der Waals surface area contributed by atoms with Crippen LogP contribution in [0, 0.1) is 25.7 Å². The largest absolute Gasteiger partial charge is 0.0998 e. The Morgan fingerprint density at radius 1 is 1.15 bits per heavy atom. The van der Waals surface area contributed by atoms with Crippen LogP contribution in [0.15, 0.2) is 78.5 Å². The van der Waals surface area contributed by atoms with Crippen molar-refractivity contribution in [1.82, 2.24) is 0 Å². The quantitative estimate of drug-likeness (QED) is 0.338. The summed E-state index contributed by atoms with van der Waals surface area (Å²) in [5.41, 5.74) is 9.43. The lowest BCUT2D eigenvalue weighted by Crippen LogP contribution is -2.07. The maximum atomic E-state index is 4.38.